The van der Waals surface area contributed by atoms with Crippen LogP contribution in [0.1, 0.15) is 37.6 Å². The van der Waals surface area contributed by atoms with Crippen molar-refractivity contribution >= 4 is 28.5 Å². The van der Waals surface area contributed by atoms with Gasteiger partial charge in [-0.1, -0.05) is 20.8 Å². The Morgan fingerprint density at radius 3 is 2.71 bits per heavy atom. The average molecular weight is 347 g/mol. The summed E-state index contributed by atoms with van der Waals surface area (Å²) in [5, 5.41) is 12.5. The maximum atomic E-state index is 11.9. The molecule has 1 aromatic carbocycles. The summed E-state index contributed by atoms with van der Waals surface area (Å²) in [5.74, 6) is -0.195. The van der Waals surface area contributed by atoms with Gasteiger partial charge in [-0.05, 0) is 52.6 Å². The molecule has 0 radical (unpaired) electrons. The minimum atomic E-state index is -0.220. The van der Waals surface area contributed by atoms with Crippen molar-refractivity contribution in [2.45, 2.75) is 27.2 Å². The second-order valence-electron chi connectivity index (χ2n) is 4.86. The topological polar surface area (TPSA) is 49.3 Å². The summed E-state index contributed by atoms with van der Waals surface area (Å²) in [6, 6.07) is 4.99. The Kier molecular flexibility index (Phi) is 4.80. The number of hydrogen-bond donors (Lipinski definition) is 2. The van der Waals surface area contributed by atoms with Gasteiger partial charge in [-0.2, -0.15) is 0 Å². The molecule has 17 heavy (non-hydrogen) atoms. The Bertz CT molecular complexity index is 416. The van der Waals surface area contributed by atoms with Gasteiger partial charge < -0.3 is 10.4 Å². The molecular weight excluding hydrogens is 329 g/mol. The molecule has 0 fully saturated rings. The van der Waals surface area contributed by atoms with Crippen molar-refractivity contribution in [2.75, 3.05) is 6.54 Å². The average Bonchev–Trinajstić information content (AvgIpc) is 2.29. The van der Waals surface area contributed by atoms with E-state index >= 15 is 0 Å². The van der Waals surface area contributed by atoms with E-state index in [0.29, 0.717) is 12.1 Å². The number of aromatic hydroxyl groups is 1. The van der Waals surface area contributed by atoms with Crippen LogP contribution < -0.4 is 5.32 Å². The van der Waals surface area contributed by atoms with E-state index in [0.717, 1.165) is 9.99 Å². The van der Waals surface area contributed by atoms with Gasteiger partial charge in [0.05, 0.1) is 5.56 Å². The zero-order chi connectivity index (χ0) is 13.1. The van der Waals surface area contributed by atoms with Crippen molar-refractivity contribution in [3.05, 3.63) is 27.3 Å². The van der Waals surface area contributed by atoms with Crippen LogP contribution in [0.2, 0.25) is 0 Å². The molecule has 0 atom stereocenters. The molecule has 0 aliphatic rings. The minimum Gasteiger partial charge on any atom is -0.507 e. The lowest BCUT2D eigenvalue weighted by molar-refractivity contribution is 0.0933. The van der Waals surface area contributed by atoms with Gasteiger partial charge in [0.1, 0.15) is 5.75 Å². The molecule has 0 saturated heterocycles. The number of hydrogen-bond acceptors (Lipinski definition) is 2. The van der Waals surface area contributed by atoms with E-state index in [9.17, 15) is 9.90 Å². The van der Waals surface area contributed by atoms with Gasteiger partial charge in [-0.25, -0.2) is 0 Å². The molecule has 1 amide bonds. The van der Waals surface area contributed by atoms with Crippen LogP contribution in [-0.2, 0) is 0 Å². The van der Waals surface area contributed by atoms with Gasteiger partial charge in [-0.3, -0.25) is 4.79 Å². The monoisotopic (exact) mass is 347 g/mol. The number of rotatable bonds is 4. The maximum absolute atomic E-state index is 11.9. The summed E-state index contributed by atoms with van der Waals surface area (Å²) in [6.07, 6.45) is 0.992. The lowest BCUT2D eigenvalue weighted by Gasteiger charge is -2.22. The van der Waals surface area contributed by atoms with Crippen LogP contribution in [0.15, 0.2) is 18.2 Å². The van der Waals surface area contributed by atoms with E-state index in [1.807, 2.05) is 0 Å². The predicted molar refractivity (Wildman–Crippen MR) is 77.2 cm³/mol. The third kappa shape index (κ3) is 4.18. The SMILES string of the molecule is CCC(C)(C)CNC(=O)c1cc(I)ccc1O. The summed E-state index contributed by atoms with van der Waals surface area (Å²) >= 11 is 2.12. The molecule has 94 valence electrons. The molecule has 1 rings (SSSR count). The summed E-state index contributed by atoms with van der Waals surface area (Å²) in [6.45, 7) is 6.89. The molecule has 2 N–H and O–H groups in total. The van der Waals surface area contributed by atoms with Crippen LogP contribution >= 0.6 is 22.6 Å². The first kappa shape index (κ1) is 14.3. The number of carbonyl (C=O) groups excluding carboxylic acids is 1. The molecule has 1 aromatic rings. The first-order valence-electron chi connectivity index (χ1n) is 5.62. The van der Waals surface area contributed by atoms with E-state index < -0.39 is 0 Å². The number of halogens is 1. The van der Waals surface area contributed by atoms with E-state index in [4.69, 9.17) is 0 Å². The van der Waals surface area contributed by atoms with Gasteiger partial charge in [-0.15, -0.1) is 0 Å². The van der Waals surface area contributed by atoms with Crippen LogP contribution in [0.3, 0.4) is 0 Å². The lowest BCUT2D eigenvalue weighted by Crippen LogP contribution is -2.33. The third-order valence-corrected chi connectivity index (χ3v) is 3.56. The number of amides is 1. The molecule has 3 nitrogen and oxygen atoms in total. The van der Waals surface area contributed by atoms with Crippen LogP contribution in [0.4, 0.5) is 0 Å². The van der Waals surface area contributed by atoms with Crippen molar-refractivity contribution in [1.29, 1.82) is 0 Å². The largest absolute Gasteiger partial charge is 0.507 e. The van der Waals surface area contributed by atoms with Crippen molar-refractivity contribution in [3.63, 3.8) is 0 Å². The molecule has 0 aliphatic carbocycles. The summed E-state index contributed by atoms with van der Waals surface area (Å²) < 4.78 is 0.931. The lowest BCUT2D eigenvalue weighted by atomic mass is 9.90. The normalized spacial score (nSPS) is 11.3. The number of carbonyl (C=O) groups is 1. The number of benzene rings is 1. The first-order valence-corrected chi connectivity index (χ1v) is 6.70. The van der Waals surface area contributed by atoms with Gasteiger partial charge >= 0.3 is 0 Å². The number of phenols is 1. The molecule has 4 heteroatoms. The Balaban J connectivity index is 2.74. The molecule has 0 aromatic heterocycles. The Labute approximate surface area is 116 Å². The van der Waals surface area contributed by atoms with Crippen LogP contribution in [0.5, 0.6) is 5.75 Å². The van der Waals surface area contributed by atoms with Crippen molar-refractivity contribution in [2.24, 2.45) is 5.41 Å². The van der Waals surface area contributed by atoms with Crippen molar-refractivity contribution < 1.29 is 9.90 Å². The fourth-order valence-corrected chi connectivity index (χ4v) is 1.72. The van der Waals surface area contributed by atoms with Crippen molar-refractivity contribution in [1.82, 2.24) is 5.32 Å². The van der Waals surface area contributed by atoms with Gasteiger partial charge in [0.25, 0.3) is 5.91 Å². The van der Waals surface area contributed by atoms with Gasteiger partial charge in [0, 0.05) is 10.1 Å². The maximum Gasteiger partial charge on any atom is 0.255 e. The second kappa shape index (κ2) is 5.71. The zero-order valence-electron chi connectivity index (χ0n) is 10.4. The van der Waals surface area contributed by atoms with E-state index in [1.54, 1.807) is 18.2 Å². The number of nitrogens with one attached hydrogen (secondary N) is 1. The number of phenolic OH excluding ortho intramolecular Hbond substituents is 1. The minimum absolute atomic E-state index is 0.0252. The second-order valence-corrected chi connectivity index (χ2v) is 6.11. The Morgan fingerprint density at radius 2 is 2.12 bits per heavy atom. The van der Waals surface area contributed by atoms with E-state index in [2.05, 4.69) is 48.7 Å². The van der Waals surface area contributed by atoms with Crippen LogP contribution in [0.25, 0.3) is 0 Å². The summed E-state index contributed by atoms with van der Waals surface area (Å²) in [5.41, 5.74) is 0.413. The highest BCUT2D eigenvalue weighted by atomic mass is 127. The Morgan fingerprint density at radius 1 is 1.47 bits per heavy atom. The van der Waals surface area contributed by atoms with Crippen LogP contribution in [-0.4, -0.2) is 17.6 Å². The van der Waals surface area contributed by atoms with Crippen molar-refractivity contribution in [3.8, 4) is 5.75 Å². The highest BCUT2D eigenvalue weighted by molar-refractivity contribution is 14.1. The van der Waals surface area contributed by atoms with E-state index in [-0.39, 0.29) is 17.1 Å². The molecular formula is C13H18INO2. The molecule has 0 saturated carbocycles. The first-order chi connectivity index (χ1) is 7.85. The third-order valence-electron chi connectivity index (χ3n) is 2.89. The van der Waals surface area contributed by atoms with Crippen LogP contribution in [0, 0.1) is 8.99 Å². The fourth-order valence-electron chi connectivity index (χ4n) is 1.23. The van der Waals surface area contributed by atoms with Gasteiger partial charge in [0.15, 0.2) is 0 Å². The highest BCUT2D eigenvalue weighted by Gasteiger charge is 2.18. The Hall–Kier alpha value is -0.780. The van der Waals surface area contributed by atoms with E-state index in [1.165, 1.54) is 0 Å². The fraction of sp³-hybridized carbons (Fsp3) is 0.462. The summed E-state index contributed by atoms with van der Waals surface area (Å²) in [7, 11) is 0. The molecule has 0 bridgehead atoms. The zero-order valence-corrected chi connectivity index (χ0v) is 12.5. The molecule has 0 aliphatic heterocycles. The standard InChI is InChI=1S/C13H18INO2/c1-4-13(2,3)8-15-12(17)10-7-9(14)5-6-11(10)16/h5-7,16H,4,8H2,1-3H3,(H,15,17). The highest BCUT2D eigenvalue weighted by Crippen LogP contribution is 2.21. The summed E-state index contributed by atoms with van der Waals surface area (Å²) in [4.78, 5) is 11.9. The van der Waals surface area contributed by atoms with Gasteiger partial charge in [0.2, 0.25) is 0 Å². The molecule has 0 unspecified atom stereocenters. The molecule has 0 spiro atoms. The quantitative estimate of drug-likeness (QED) is 0.822. The smallest absolute Gasteiger partial charge is 0.255 e. The predicted octanol–water partition coefficient (Wildman–Crippen LogP) is 3.16. The molecule has 0 heterocycles.